The standard InChI is InChI=1S/C17H26N2O4/c1-2-8-17(16(22)23)9-5-12-19(13-17)15(21)7-4-11-18-10-3-6-14(18)20/h2H,1,3-13H2,(H,22,23)/t17-/m1/s1. The van der Waals surface area contributed by atoms with Crippen LogP contribution in [0, 0.1) is 5.41 Å². The topological polar surface area (TPSA) is 77.9 Å². The number of carboxylic acids is 1. The second-order valence-corrected chi connectivity index (χ2v) is 6.59. The van der Waals surface area contributed by atoms with Crippen molar-refractivity contribution in [2.75, 3.05) is 26.2 Å². The molecule has 2 heterocycles. The van der Waals surface area contributed by atoms with Crippen LogP contribution < -0.4 is 0 Å². The molecular formula is C17H26N2O4. The van der Waals surface area contributed by atoms with Crippen LogP contribution in [0.15, 0.2) is 12.7 Å². The van der Waals surface area contributed by atoms with Gasteiger partial charge in [-0.1, -0.05) is 6.08 Å². The number of hydrogen-bond donors (Lipinski definition) is 1. The quantitative estimate of drug-likeness (QED) is 0.723. The van der Waals surface area contributed by atoms with E-state index in [-0.39, 0.29) is 18.4 Å². The summed E-state index contributed by atoms with van der Waals surface area (Å²) in [7, 11) is 0. The number of allylic oxidation sites excluding steroid dienone is 1. The minimum absolute atomic E-state index is 0.00830. The van der Waals surface area contributed by atoms with Gasteiger partial charge in [-0.3, -0.25) is 14.4 Å². The third kappa shape index (κ3) is 4.12. The summed E-state index contributed by atoms with van der Waals surface area (Å²) in [5.74, 6) is -0.685. The van der Waals surface area contributed by atoms with Crippen molar-refractivity contribution in [1.29, 1.82) is 0 Å². The van der Waals surface area contributed by atoms with Crippen LogP contribution in [0.3, 0.4) is 0 Å². The molecule has 0 saturated carbocycles. The first-order chi connectivity index (χ1) is 11.0. The molecule has 2 rings (SSSR count). The SMILES string of the molecule is C=CC[C@@]1(C(=O)O)CCCN(C(=O)CCCN2CCCC2=O)C1. The van der Waals surface area contributed by atoms with Gasteiger partial charge in [-0.15, -0.1) is 6.58 Å². The molecule has 6 nitrogen and oxygen atoms in total. The molecule has 1 N–H and O–H groups in total. The second kappa shape index (κ2) is 7.62. The highest BCUT2D eigenvalue weighted by atomic mass is 16.4. The maximum absolute atomic E-state index is 12.4. The number of carbonyl (C=O) groups excluding carboxylic acids is 2. The molecule has 0 radical (unpaired) electrons. The smallest absolute Gasteiger partial charge is 0.311 e. The molecular weight excluding hydrogens is 296 g/mol. The number of nitrogens with zero attached hydrogens (tertiary/aromatic N) is 2. The Labute approximate surface area is 137 Å². The number of amides is 2. The molecule has 2 amide bonds. The average molecular weight is 322 g/mol. The van der Waals surface area contributed by atoms with Crippen molar-refractivity contribution in [1.82, 2.24) is 9.80 Å². The zero-order chi connectivity index (χ0) is 16.9. The van der Waals surface area contributed by atoms with E-state index in [1.165, 1.54) is 0 Å². The van der Waals surface area contributed by atoms with Crippen LogP contribution >= 0.6 is 0 Å². The highest BCUT2D eigenvalue weighted by Gasteiger charge is 2.42. The first kappa shape index (κ1) is 17.5. The van der Waals surface area contributed by atoms with E-state index in [0.717, 1.165) is 13.0 Å². The van der Waals surface area contributed by atoms with Gasteiger partial charge in [-0.05, 0) is 32.1 Å². The van der Waals surface area contributed by atoms with Crippen molar-refractivity contribution in [3.63, 3.8) is 0 Å². The Morgan fingerprint density at radius 3 is 2.70 bits per heavy atom. The molecule has 0 unspecified atom stereocenters. The molecule has 0 spiro atoms. The lowest BCUT2D eigenvalue weighted by Gasteiger charge is -2.39. The Morgan fingerprint density at radius 2 is 2.09 bits per heavy atom. The van der Waals surface area contributed by atoms with Gasteiger partial charge in [0.1, 0.15) is 0 Å². The Hall–Kier alpha value is -1.85. The minimum Gasteiger partial charge on any atom is -0.481 e. The number of carboxylic acid groups (broad SMARTS) is 1. The summed E-state index contributed by atoms with van der Waals surface area (Å²) in [5.41, 5.74) is -0.888. The van der Waals surface area contributed by atoms with Crippen molar-refractivity contribution in [2.24, 2.45) is 5.41 Å². The van der Waals surface area contributed by atoms with Gasteiger partial charge in [0, 0.05) is 39.0 Å². The molecule has 0 aromatic rings. The lowest BCUT2D eigenvalue weighted by Crippen LogP contribution is -2.49. The Balaban J connectivity index is 1.85. The minimum atomic E-state index is -0.888. The molecule has 23 heavy (non-hydrogen) atoms. The number of carbonyl (C=O) groups is 3. The van der Waals surface area contributed by atoms with E-state index in [0.29, 0.717) is 51.6 Å². The van der Waals surface area contributed by atoms with E-state index in [9.17, 15) is 19.5 Å². The van der Waals surface area contributed by atoms with Crippen molar-refractivity contribution in [3.8, 4) is 0 Å². The van der Waals surface area contributed by atoms with E-state index >= 15 is 0 Å². The molecule has 2 aliphatic heterocycles. The highest BCUT2D eigenvalue weighted by Crippen LogP contribution is 2.34. The number of hydrogen-bond acceptors (Lipinski definition) is 3. The molecule has 0 aromatic carbocycles. The lowest BCUT2D eigenvalue weighted by molar-refractivity contribution is -0.154. The summed E-state index contributed by atoms with van der Waals surface area (Å²) in [6.07, 6.45) is 5.83. The van der Waals surface area contributed by atoms with Crippen molar-refractivity contribution < 1.29 is 19.5 Å². The van der Waals surface area contributed by atoms with Gasteiger partial charge in [-0.2, -0.15) is 0 Å². The monoisotopic (exact) mass is 322 g/mol. The third-order valence-electron chi connectivity index (χ3n) is 4.91. The molecule has 1 atom stereocenters. The van der Waals surface area contributed by atoms with Gasteiger partial charge < -0.3 is 14.9 Å². The summed E-state index contributed by atoms with van der Waals surface area (Å²) in [6.45, 7) is 5.94. The normalized spacial score (nSPS) is 24.8. The number of piperidine rings is 1. The number of rotatable bonds is 7. The van der Waals surface area contributed by atoms with Crippen LogP contribution in [0.25, 0.3) is 0 Å². The van der Waals surface area contributed by atoms with Gasteiger partial charge in [-0.25, -0.2) is 0 Å². The van der Waals surface area contributed by atoms with Gasteiger partial charge in [0.05, 0.1) is 5.41 Å². The molecule has 0 aromatic heterocycles. The molecule has 0 bridgehead atoms. The van der Waals surface area contributed by atoms with E-state index in [1.807, 2.05) is 4.90 Å². The van der Waals surface area contributed by atoms with Crippen LogP contribution in [-0.2, 0) is 14.4 Å². The molecule has 2 saturated heterocycles. The highest BCUT2D eigenvalue weighted by molar-refractivity contribution is 5.80. The molecule has 6 heteroatoms. The fourth-order valence-corrected chi connectivity index (χ4v) is 3.57. The van der Waals surface area contributed by atoms with Crippen LogP contribution in [-0.4, -0.2) is 58.9 Å². The number of likely N-dealkylation sites (tertiary alicyclic amines) is 2. The molecule has 2 fully saturated rings. The number of aliphatic carboxylic acids is 1. The van der Waals surface area contributed by atoms with Crippen LogP contribution in [0.5, 0.6) is 0 Å². The Kier molecular flexibility index (Phi) is 5.80. The lowest BCUT2D eigenvalue weighted by atomic mass is 9.77. The largest absolute Gasteiger partial charge is 0.481 e. The van der Waals surface area contributed by atoms with Crippen molar-refractivity contribution in [2.45, 2.75) is 44.9 Å². The maximum Gasteiger partial charge on any atom is 0.311 e. The summed E-state index contributed by atoms with van der Waals surface area (Å²) in [4.78, 5) is 39.0. The Morgan fingerprint density at radius 1 is 1.30 bits per heavy atom. The predicted molar refractivity (Wildman–Crippen MR) is 85.7 cm³/mol. The predicted octanol–water partition coefficient (Wildman–Crippen LogP) is 1.66. The van der Waals surface area contributed by atoms with E-state index in [4.69, 9.17) is 0 Å². The van der Waals surface area contributed by atoms with E-state index < -0.39 is 11.4 Å². The van der Waals surface area contributed by atoms with Gasteiger partial charge >= 0.3 is 5.97 Å². The van der Waals surface area contributed by atoms with Crippen LogP contribution in [0.2, 0.25) is 0 Å². The zero-order valence-corrected chi connectivity index (χ0v) is 13.6. The van der Waals surface area contributed by atoms with Crippen LogP contribution in [0.4, 0.5) is 0 Å². The first-order valence-corrected chi connectivity index (χ1v) is 8.38. The van der Waals surface area contributed by atoms with Crippen molar-refractivity contribution in [3.05, 3.63) is 12.7 Å². The maximum atomic E-state index is 12.4. The third-order valence-corrected chi connectivity index (χ3v) is 4.91. The van der Waals surface area contributed by atoms with Gasteiger partial charge in [0.2, 0.25) is 11.8 Å². The average Bonchev–Trinajstić information content (AvgIpc) is 2.93. The molecule has 128 valence electrons. The summed E-state index contributed by atoms with van der Waals surface area (Å²) in [5, 5.41) is 9.54. The van der Waals surface area contributed by atoms with Crippen LogP contribution in [0.1, 0.15) is 44.9 Å². The van der Waals surface area contributed by atoms with Gasteiger partial charge in [0.25, 0.3) is 0 Å². The van der Waals surface area contributed by atoms with E-state index in [2.05, 4.69) is 6.58 Å². The Bertz CT molecular complexity index is 491. The zero-order valence-electron chi connectivity index (χ0n) is 13.6. The summed E-state index contributed by atoms with van der Waals surface area (Å²) >= 11 is 0. The fraction of sp³-hybridized carbons (Fsp3) is 0.706. The molecule has 2 aliphatic rings. The summed E-state index contributed by atoms with van der Waals surface area (Å²) < 4.78 is 0. The fourth-order valence-electron chi connectivity index (χ4n) is 3.57. The van der Waals surface area contributed by atoms with E-state index in [1.54, 1.807) is 11.0 Å². The molecule has 0 aliphatic carbocycles. The first-order valence-electron chi connectivity index (χ1n) is 8.38. The second-order valence-electron chi connectivity index (χ2n) is 6.59. The van der Waals surface area contributed by atoms with Gasteiger partial charge in [0.15, 0.2) is 0 Å². The summed E-state index contributed by atoms with van der Waals surface area (Å²) in [6, 6.07) is 0. The van der Waals surface area contributed by atoms with Crippen molar-refractivity contribution >= 4 is 17.8 Å².